The van der Waals surface area contributed by atoms with Crippen LogP contribution in [0.15, 0.2) is 30.3 Å². The van der Waals surface area contributed by atoms with Gasteiger partial charge in [0.1, 0.15) is 0 Å². The van der Waals surface area contributed by atoms with Gasteiger partial charge in [0.05, 0.1) is 0 Å². The maximum Gasteiger partial charge on any atom is 0 e. The summed E-state index contributed by atoms with van der Waals surface area (Å²) in [5, 5.41) is 0. The molecule has 1 aromatic carbocycles. The molecule has 12 heteroatoms. The summed E-state index contributed by atoms with van der Waals surface area (Å²) >= 11 is 0. The summed E-state index contributed by atoms with van der Waals surface area (Å²) in [6.07, 6.45) is -7.13. The molecule has 1 aromatic rings. The van der Waals surface area contributed by atoms with Crippen molar-refractivity contribution in [2.45, 2.75) is 18.0 Å². The summed E-state index contributed by atoms with van der Waals surface area (Å²) < 4.78 is 102. The van der Waals surface area contributed by atoms with E-state index in [9.17, 15) is 30.7 Å². The Labute approximate surface area is 145 Å². The van der Waals surface area contributed by atoms with Crippen molar-refractivity contribution in [3.05, 3.63) is 50.3 Å². The molecule has 134 valence electrons. The van der Waals surface area contributed by atoms with Crippen molar-refractivity contribution < 1.29 is 70.5 Å². The van der Waals surface area contributed by atoms with Crippen molar-refractivity contribution in [3.8, 4) is 0 Å². The van der Waals surface area contributed by atoms with E-state index in [0.717, 1.165) is 0 Å². The minimum absolute atomic E-state index is 0. The van der Waals surface area contributed by atoms with E-state index in [4.69, 9.17) is 18.8 Å². The molecule has 0 saturated heterocycles. The first kappa shape index (κ1) is 33.9. The summed E-state index contributed by atoms with van der Waals surface area (Å²) in [4.78, 5) is 9.06. The van der Waals surface area contributed by atoms with Gasteiger partial charge in [-0.15, -0.1) is 0 Å². The minimum atomic E-state index is -6.46. The van der Waals surface area contributed by atoms with Crippen LogP contribution in [-0.2, 0) is 39.8 Å². The van der Waals surface area contributed by atoms with Crippen LogP contribution in [0.4, 0.5) is 30.7 Å². The molecular formula is C12H5F7MoO4-2. The molecule has 0 heterocycles. The molecule has 0 aliphatic carbocycles. The number of hydrogen-bond donors (Lipinski definition) is 0. The normalized spacial score (nSPS) is 9.21. The molecule has 4 nitrogen and oxygen atoms in total. The topological polar surface area (TPSA) is 76.8 Å². The molecule has 0 fully saturated rings. The zero-order valence-electron chi connectivity index (χ0n) is 11.1. The number of rotatable bonds is 2. The van der Waals surface area contributed by atoms with Crippen molar-refractivity contribution in [1.82, 2.24) is 0 Å². The molecule has 1 rings (SSSR count). The zero-order valence-corrected chi connectivity index (χ0v) is 13.1. The largest absolute Gasteiger partial charge is 0.214 e. The maximum absolute atomic E-state index is 11.6. The summed E-state index contributed by atoms with van der Waals surface area (Å²) in [6.45, 7) is 13.5. The van der Waals surface area contributed by atoms with Crippen LogP contribution in [-0.4, -0.2) is 24.3 Å². The van der Waals surface area contributed by atoms with Gasteiger partial charge >= 0.3 is 46.0 Å². The van der Waals surface area contributed by atoms with E-state index in [1.54, 1.807) is 0 Å². The second-order valence-electron chi connectivity index (χ2n) is 2.71. The van der Waals surface area contributed by atoms with Crippen LogP contribution in [0.3, 0.4) is 0 Å². The van der Waals surface area contributed by atoms with Crippen molar-refractivity contribution >= 4 is 6.29 Å². The molecule has 0 aromatic heterocycles. The number of hydrogen-bond acceptors (Lipinski definition) is 1. The van der Waals surface area contributed by atoms with Crippen LogP contribution in [0.25, 0.3) is 0 Å². The Morgan fingerprint density at radius 3 is 1.17 bits per heavy atom. The van der Waals surface area contributed by atoms with Gasteiger partial charge in [0.2, 0.25) is 5.92 Å². The van der Waals surface area contributed by atoms with Crippen LogP contribution in [0, 0.1) is 20.0 Å². The molecule has 0 unspecified atom stereocenters. The Balaban J connectivity index is -0.0000000834. The third-order valence-electron chi connectivity index (χ3n) is 1.43. The van der Waals surface area contributed by atoms with Crippen molar-refractivity contribution in [2.75, 3.05) is 0 Å². The monoisotopic (exact) mass is 444 g/mol. The quantitative estimate of drug-likeness (QED) is 0.300. The van der Waals surface area contributed by atoms with Gasteiger partial charge in [0.25, 0.3) is 0 Å². The summed E-state index contributed by atoms with van der Waals surface area (Å²) in [6, 6.07) is 10.0. The predicted octanol–water partition coefficient (Wildman–Crippen LogP) is 3.22. The van der Waals surface area contributed by atoms with E-state index in [1.165, 1.54) is 0 Å². The Morgan fingerprint density at radius 1 is 0.792 bits per heavy atom. The second kappa shape index (κ2) is 17.8. The van der Waals surface area contributed by atoms with E-state index in [-0.39, 0.29) is 21.1 Å². The SMILES string of the molecule is O=[C-]C(F)(F)C(F)(F)C(F)(F)F.[C-]#[O+].[C-]#[O+].[C-]#[O+].[Mo].c1cc[cH-]c1. The van der Waals surface area contributed by atoms with Crippen molar-refractivity contribution in [2.24, 2.45) is 0 Å². The Hall–Kier alpha value is -1.56. The first-order valence-electron chi connectivity index (χ1n) is 4.56. The maximum atomic E-state index is 11.6. The fourth-order valence-electron chi connectivity index (χ4n) is 0.563. The summed E-state index contributed by atoms with van der Waals surface area (Å²) in [7, 11) is 0. The van der Waals surface area contributed by atoms with Gasteiger partial charge in [-0.3, -0.25) is 0 Å². The van der Waals surface area contributed by atoms with Crippen LogP contribution in [0.1, 0.15) is 0 Å². The zero-order chi connectivity index (χ0) is 19.7. The first-order chi connectivity index (χ1) is 10.6. The molecule has 0 N–H and O–H groups in total. The molecule has 0 bridgehead atoms. The van der Waals surface area contributed by atoms with Crippen molar-refractivity contribution in [1.29, 1.82) is 0 Å². The van der Waals surface area contributed by atoms with E-state index < -0.39 is 24.3 Å². The predicted molar refractivity (Wildman–Crippen MR) is 55.5 cm³/mol. The van der Waals surface area contributed by atoms with Gasteiger partial charge in [-0.2, -0.15) is 46.4 Å². The smallest absolute Gasteiger partial charge is 0 e. The molecule has 24 heavy (non-hydrogen) atoms. The molecular weight excluding hydrogens is 437 g/mol. The van der Waals surface area contributed by atoms with E-state index in [1.807, 2.05) is 30.3 Å². The van der Waals surface area contributed by atoms with Crippen LogP contribution in [0.5, 0.6) is 0 Å². The number of alkyl halides is 7. The van der Waals surface area contributed by atoms with Gasteiger partial charge < -0.3 is 4.79 Å². The fraction of sp³-hybridized carbons (Fsp3) is 0.250. The summed E-state index contributed by atoms with van der Waals surface area (Å²) in [5.41, 5.74) is 0. The average molecular weight is 442 g/mol. The molecule has 0 amide bonds. The minimum Gasteiger partial charge on any atom is -0.214 e. The van der Waals surface area contributed by atoms with Gasteiger partial charge in [-0.1, -0.05) is 0 Å². The molecule has 0 spiro atoms. The molecule has 0 atom stereocenters. The number of carbonyl (C=O) groups excluding carboxylic acids is 1. The van der Waals surface area contributed by atoms with Crippen LogP contribution in [0.2, 0.25) is 0 Å². The number of halogens is 7. The third kappa shape index (κ3) is 12.9. The second-order valence-corrected chi connectivity index (χ2v) is 2.71. The van der Waals surface area contributed by atoms with Gasteiger partial charge in [0, 0.05) is 21.1 Å². The molecule has 0 saturated carbocycles. The Morgan fingerprint density at radius 2 is 1.08 bits per heavy atom. The Kier molecular flexibility index (Phi) is 25.1. The van der Waals surface area contributed by atoms with Gasteiger partial charge in [-0.25, -0.2) is 20.9 Å². The standard InChI is InChI=1S/C5H5.C4F7O.3CO.Mo/c1-2-4-5-3-1;5-2(6,1-12)3(7,8)4(9,10)11;3*1-2;/h1-5H;;;;;/q2*-1;;;;. The summed E-state index contributed by atoms with van der Waals surface area (Å²) in [5.74, 6) is -12.2. The molecule has 0 radical (unpaired) electrons. The third-order valence-corrected chi connectivity index (χ3v) is 1.43. The van der Waals surface area contributed by atoms with Gasteiger partial charge in [-0.05, 0) is 0 Å². The van der Waals surface area contributed by atoms with Crippen LogP contribution < -0.4 is 0 Å². The van der Waals surface area contributed by atoms with E-state index >= 15 is 0 Å². The van der Waals surface area contributed by atoms with E-state index in [0.29, 0.717) is 0 Å². The Bertz CT molecular complexity index is 419. The first-order valence-corrected chi connectivity index (χ1v) is 4.56. The molecule has 0 aliphatic rings. The van der Waals surface area contributed by atoms with E-state index in [2.05, 4.69) is 20.0 Å². The fourth-order valence-corrected chi connectivity index (χ4v) is 0.563. The average Bonchev–Trinajstić information content (AvgIpc) is 3.11. The van der Waals surface area contributed by atoms with Gasteiger partial charge in [0.15, 0.2) is 0 Å². The van der Waals surface area contributed by atoms with Crippen LogP contribution >= 0.6 is 0 Å². The van der Waals surface area contributed by atoms with Crippen molar-refractivity contribution in [3.63, 3.8) is 0 Å². The molecule has 0 aliphatic heterocycles.